The lowest BCUT2D eigenvalue weighted by atomic mass is 9.86. The maximum absolute atomic E-state index is 12.5. The summed E-state index contributed by atoms with van der Waals surface area (Å²) in [5.41, 5.74) is 0.981. The van der Waals surface area contributed by atoms with Gasteiger partial charge in [-0.05, 0) is 45.7 Å². The van der Waals surface area contributed by atoms with Crippen LogP contribution in [-0.4, -0.2) is 60.1 Å². The topological polar surface area (TPSA) is 61.9 Å². The van der Waals surface area contributed by atoms with Gasteiger partial charge in [0.2, 0.25) is 5.91 Å². The monoisotopic (exact) mass is 373 g/mol. The van der Waals surface area contributed by atoms with Gasteiger partial charge >= 0.3 is 6.09 Å². The number of nitrogens with one attached hydrogen (secondary N) is 1. The number of amides is 2. The van der Waals surface area contributed by atoms with Gasteiger partial charge in [-0.3, -0.25) is 9.69 Å². The number of alkyl carbamates (subject to hydrolysis) is 1. The molecule has 2 heterocycles. The van der Waals surface area contributed by atoms with Crippen molar-refractivity contribution in [2.45, 2.75) is 45.8 Å². The molecule has 0 saturated carbocycles. The van der Waals surface area contributed by atoms with Gasteiger partial charge in [0, 0.05) is 31.6 Å². The van der Waals surface area contributed by atoms with Gasteiger partial charge in [-0.25, -0.2) is 4.79 Å². The molecule has 0 aliphatic carbocycles. The van der Waals surface area contributed by atoms with E-state index >= 15 is 0 Å². The van der Waals surface area contributed by atoms with Gasteiger partial charge in [-0.2, -0.15) is 0 Å². The standard InChI is InChI=1S/C21H31N3O3/c1-20(2,3)27-19(26)22-13-18(25)24-12-10-21(16-24)9-11-23(15-21)14-17-7-5-4-6-8-17/h4-8H,9-16H2,1-3H3,(H,22,26). The highest BCUT2D eigenvalue weighted by Crippen LogP contribution is 2.39. The molecule has 2 saturated heterocycles. The van der Waals surface area contributed by atoms with Crippen LogP contribution in [-0.2, 0) is 16.1 Å². The van der Waals surface area contributed by atoms with Gasteiger partial charge in [-0.1, -0.05) is 30.3 Å². The van der Waals surface area contributed by atoms with Gasteiger partial charge < -0.3 is 15.0 Å². The second-order valence-electron chi connectivity index (χ2n) is 8.87. The number of rotatable bonds is 4. The maximum atomic E-state index is 12.5. The first-order valence-corrected chi connectivity index (χ1v) is 9.76. The first kappa shape index (κ1) is 19.7. The van der Waals surface area contributed by atoms with E-state index in [0.29, 0.717) is 0 Å². The molecule has 1 atom stereocenters. The quantitative estimate of drug-likeness (QED) is 0.881. The minimum atomic E-state index is -0.559. The number of benzene rings is 1. The smallest absolute Gasteiger partial charge is 0.408 e. The predicted octanol–water partition coefficient (Wildman–Crippen LogP) is 2.64. The largest absolute Gasteiger partial charge is 0.444 e. The molecule has 6 heteroatoms. The molecular formula is C21H31N3O3. The van der Waals surface area contributed by atoms with Gasteiger partial charge in [0.1, 0.15) is 12.1 Å². The van der Waals surface area contributed by atoms with E-state index in [9.17, 15) is 9.59 Å². The Morgan fingerprint density at radius 1 is 1.11 bits per heavy atom. The summed E-state index contributed by atoms with van der Waals surface area (Å²) in [5.74, 6) is -0.0285. The van der Waals surface area contributed by atoms with Gasteiger partial charge in [0.05, 0.1) is 0 Å². The Morgan fingerprint density at radius 2 is 1.81 bits per heavy atom. The zero-order chi connectivity index (χ0) is 19.5. The van der Waals surface area contributed by atoms with Crippen molar-refractivity contribution in [3.8, 4) is 0 Å². The number of carbonyl (C=O) groups is 2. The van der Waals surface area contributed by atoms with Crippen molar-refractivity contribution in [3.05, 3.63) is 35.9 Å². The van der Waals surface area contributed by atoms with Crippen LogP contribution < -0.4 is 5.32 Å². The zero-order valence-electron chi connectivity index (χ0n) is 16.7. The molecule has 2 aliphatic heterocycles. The fraction of sp³-hybridized carbons (Fsp3) is 0.619. The average molecular weight is 373 g/mol. The van der Waals surface area contributed by atoms with Crippen LogP contribution in [0.2, 0.25) is 0 Å². The molecule has 1 aromatic carbocycles. The highest BCUT2D eigenvalue weighted by atomic mass is 16.6. The van der Waals surface area contributed by atoms with E-state index in [0.717, 1.165) is 45.6 Å². The Kier molecular flexibility index (Phi) is 5.75. The molecule has 1 spiro atoms. The summed E-state index contributed by atoms with van der Waals surface area (Å²) >= 11 is 0. The lowest BCUT2D eigenvalue weighted by Crippen LogP contribution is -2.42. The highest BCUT2D eigenvalue weighted by molar-refractivity contribution is 5.82. The molecule has 2 amide bonds. The third-order valence-corrected chi connectivity index (χ3v) is 5.34. The third kappa shape index (κ3) is 5.45. The van der Waals surface area contributed by atoms with Crippen LogP contribution in [0.15, 0.2) is 30.3 Å². The normalized spacial score (nSPS) is 23.0. The van der Waals surface area contributed by atoms with E-state index in [1.54, 1.807) is 20.8 Å². The van der Waals surface area contributed by atoms with Crippen LogP contribution >= 0.6 is 0 Å². The van der Waals surface area contributed by atoms with E-state index in [1.165, 1.54) is 5.56 Å². The molecule has 0 radical (unpaired) electrons. The van der Waals surface area contributed by atoms with Gasteiger partial charge in [0.25, 0.3) is 0 Å². The van der Waals surface area contributed by atoms with Crippen LogP contribution in [0.3, 0.4) is 0 Å². The Bertz CT molecular complexity index is 671. The van der Waals surface area contributed by atoms with Crippen molar-refractivity contribution in [3.63, 3.8) is 0 Å². The summed E-state index contributed by atoms with van der Waals surface area (Å²) in [6, 6.07) is 10.5. The SMILES string of the molecule is CC(C)(C)OC(=O)NCC(=O)N1CCC2(CCN(Cc3ccccc3)C2)C1. The van der Waals surface area contributed by atoms with Gasteiger partial charge in [0.15, 0.2) is 0 Å². The summed E-state index contributed by atoms with van der Waals surface area (Å²) in [4.78, 5) is 28.6. The van der Waals surface area contributed by atoms with Gasteiger partial charge in [-0.15, -0.1) is 0 Å². The molecule has 6 nitrogen and oxygen atoms in total. The fourth-order valence-corrected chi connectivity index (χ4v) is 4.06. The highest BCUT2D eigenvalue weighted by Gasteiger charge is 2.44. The first-order chi connectivity index (χ1) is 12.7. The Morgan fingerprint density at radius 3 is 2.52 bits per heavy atom. The van der Waals surface area contributed by atoms with Crippen LogP contribution in [0.4, 0.5) is 4.79 Å². The first-order valence-electron chi connectivity index (χ1n) is 9.76. The van der Waals surface area contributed by atoms with E-state index in [2.05, 4.69) is 34.5 Å². The Hall–Kier alpha value is -2.08. The van der Waals surface area contributed by atoms with Crippen LogP contribution in [0.25, 0.3) is 0 Å². The van der Waals surface area contributed by atoms with Crippen molar-refractivity contribution < 1.29 is 14.3 Å². The minimum Gasteiger partial charge on any atom is -0.444 e. The fourth-order valence-electron chi connectivity index (χ4n) is 4.06. The minimum absolute atomic E-state index is 0.00127. The van der Waals surface area contributed by atoms with Crippen LogP contribution in [0.1, 0.15) is 39.2 Å². The van der Waals surface area contributed by atoms with E-state index in [-0.39, 0.29) is 17.9 Å². The van der Waals surface area contributed by atoms with E-state index < -0.39 is 11.7 Å². The summed E-state index contributed by atoms with van der Waals surface area (Å²) in [5, 5.41) is 2.57. The summed E-state index contributed by atoms with van der Waals surface area (Å²) < 4.78 is 5.19. The molecule has 148 valence electrons. The molecule has 1 unspecified atom stereocenters. The molecule has 1 aromatic rings. The molecule has 2 fully saturated rings. The number of likely N-dealkylation sites (tertiary alicyclic amines) is 2. The molecule has 0 aromatic heterocycles. The van der Waals surface area contributed by atoms with Crippen molar-refractivity contribution >= 4 is 12.0 Å². The maximum Gasteiger partial charge on any atom is 0.408 e. The summed E-state index contributed by atoms with van der Waals surface area (Å²) in [6.07, 6.45) is 1.62. The Labute approximate surface area is 161 Å². The van der Waals surface area contributed by atoms with Crippen molar-refractivity contribution in [1.29, 1.82) is 0 Å². The number of hydrogen-bond acceptors (Lipinski definition) is 4. The van der Waals surface area contributed by atoms with Crippen molar-refractivity contribution in [2.75, 3.05) is 32.7 Å². The van der Waals surface area contributed by atoms with Crippen LogP contribution in [0, 0.1) is 5.41 Å². The van der Waals surface area contributed by atoms with E-state index in [1.807, 2.05) is 11.0 Å². The lowest BCUT2D eigenvalue weighted by molar-refractivity contribution is -0.129. The number of carbonyl (C=O) groups excluding carboxylic acids is 2. The third-order valence-electron chi connectivity index (χ3n) is 5.34. The predicted molar refractivity (Wildman–Crippen MR) is 104 cm³/mol. The molecule has 1 N–H and O–H groups in total. The zero-order valence-corrected chi connectivity index (χ0v) is 16.7. The van der Waals surface area contributed by atoms with E-state index in [4.69, 9.17) is 4.74 Å². The molecule has 0 bridgehead atoms. The average Bonchev–Trinajstić information content (AvgIpc) is 3.19. The number of hydrogen-bond donors (Lipinski definition) is 1. The molecule has 2 aliphatic rings. The second kappa shape index (κ2) is 7.89. The summed E-state index contributed by atoms with van der Waals surface area (Å²) in [6.45, 7) is 10.1. The molecule has 3 rings (SSSR count). The molecular weight excluding hydrogens is 342 g/mol. The van der Waals surface area contributed by atoms with Crippen molar-refractivity contribution in [1.82, 2.24) is 15.1 Å². The van der Waals surface area contributed by atoms with Crippen LogP contribution in [0.5, 0.6) is 0 Å². The summed E-state index contributed by atoms with van der Waals surface area (Å²) in [7, 11) is 0. The molecule has 27 heavy (non-hydrogen) atoms. The second-order valence-corrected chi connectivity index (χ2v) is 8.87. The number of ether oxygens (including phenoxy) is 1. The number of nitrogens with zero attached hydrogens (tertiary/aromatic N) is 2. The lowest BCUT2D eigenvalue weighted by Gasteiger charge is -2.25. The Balaban J connectivity index is 1.45. The van der Waals surface area contributed by atoms with Crippen molar-refractivity contribution in [2.24, 2.45) is 5.41 Å².